The Hall–Kier alpha value is -1.35. The maximum Gasteiger partial charge on any atom is 0.124 e. The molecule has 1 aromatic rings. The molecule has 2 nitrogen and oxygen atoms in total. The third kappa shape index (κ3) is 4.15. The second-order valence-electron chi connectivity index (χ2n) is 4.63. The summed E-state index contributed by atoms with van der Waals surface area (Å²) in [6.07, 6.45) is 2.33. The van der Waals surface area contributed by atoms with Crippen LogP contribution in [-0.2, 0) is 4.74 Å². The van der Waals surface area contributed by atoms with Crippen LogP contribution in [0.5, 0.6) is 5.75 Å². The number of rotatable bonds is 7. The molecule has 1 aromatic carbocycles. The molecule has 0 aliphatic rings. The van der Waals surface area contributed by atoms with Gasteiger partial charge in [0, 0.05) is 5.56 Å². The number of benzene rings is 1. The highest BCUT2D eigenvalue weighted by Gasteiger charge is 2.18. The van der Waals surface area contributed by atoms with E-state index in [1.165, 1.54) is 12.1 Å². The van der Waals surface area contributed by atoms with Crippen molar-refractivity contribution >= 4 is 0 Å². The molecule has 0 spiro atoms. The minimum absolute atomic E-state index is 0.173. The molecular weight excluding hydrogens is 231 g/mol. The van der Waals surface area contributed by atoms with E-state index in [2.05, 4.69) is 20.4 Å². The van der Waals surface area contributed by atoms with Crippen molar-refractivity contribution in [2.75, 3.05) is 13.7 Å². The lowest BCUT2D eigenvalue weighted by Gasteiger charge is -2.21. The second-order valence-corrected chi connectivity index (χ2v) is 4.63. The summed E-state index contributed by atoms with van der Waals surface area (Å²) < 4.78 is 24.4. The maximum absolute atomic E-state index is 13.4. The Morgan fingerprint density at radius 3 is 2.67 bits per heavy atom. The van der Waals surface area contributed by atoms with Gasteiger partial charge in [0.15, 0.2) is 0 Å². The molecule has 0 saturated heterocycles. The van der Waals surface area contributed by atoms with Crippen molar-refractivity contribution in [3.05, 3.63) is 42.2 Å². The van der Waals surface area contributed by atoms with Crippen molar-refractivity contribution in [2.45, 2.75) is 26.4 Å². The van der Waals surface area contributed by atoms with Crippen molar-refractivity contribution in [2.24, 2.45) is 5.92 Å². The Morgan fingerprint density at radius 2 is 2.11 bits per heavy atom. The standard InChI is InChI=1S/C15H21FO2/c1-5-8-18-15(9-11(2)3)13-10-12(16)6-7-14(13)17-4/h5-7,10-11,15H,1,8-9H2,2-4H3/t15-/m0/s1. The summed E-state index contributed by atoms with van der Waals surface area (Å²) in [7, 11) is 1.58. The molecule has 1 atom stereocenters. The zero-order valence-corrected chi connectivity index (χ0v) is 11.3. The zero-order chi connectivity index (χ0) is 13.5. The van der Waals surface area contributed by atoms with Crippen LogP contribution in [0.25, 0.3) is 0 Å². The molecule has 0 radical (unpaired) electrons. The van der Waals surface area contributed by atoms with Gasteiger partial charge in [-0.05, 0) is 30.5 Å². The van der Waals surface area contributed by atoms with Crippen LogP contribution in [0.1, 0.15) is 31.9 Å². The van der Waals surface area contributed by atoms with E-state index in [0.717, 1.165) is 12.0 Å². The van der Waals surface area contributed by atoms with E-state index in [-0.39, 0.29) is 11.9 Å². The molecule has 0 fully saturated rings. The quantitative estimate of drug-likeness (QED) is 0.679. The molecule has 0 heterocycles. The molecule has 0 N–H and O–H groups in total. The Kier molecular flexibility index (Phi) is 5.86. The Bertz CT molecular complexity index is 388. The average Bonchev–Trinajstić information content (AvgIpc) is 2.34. The number of hydrogen-bond donors (Lipinski definition) is 0. The van der Waals surface area contributed by atoms with Crippen LogP contribution in [0.4, 0.5) is 4.39 Å². The highest BCUT2D eigenvalue weighted by Crippen LogP contribution is 2.32. The summed E-state index contributed by atoms with van der Waals surface area (Å²) in [6, 6.07) is 4.51. The third-order valence-corrected chi connectivity index (χ3v) is 2.64. The van der Waals surface area contributed by atoms with Gasteiger partial charge in [0.25, 0.3) is 0 Å². The fourth-order valence-corrected chi connectivity index (χ4v) is 1.85. The minimum Gasteiger partial charge on any atom is -0.496 e. The minimum atomic E-state index is -0.276. The van der Waals surface area contributed by atoms with E-state index in [1.807, 2.05) is 0 Å². The van der Waals surface area contributed by atoms with Crippen LogP contribution in [-0.4, -0.2) is 13.7 Å². The largest absolute Gasteiger partial charge is 0.496 e. The van der Waals surface area contributed by atoms with Crippen molar-refractivity contribution in [1.29, 1.82) is 0 Å². The van der Waals surface area contributed by atoms with E-state index in [0.29, 0.717) is 18.3 Å². The van der Waals surface area contributed by atoms with Gasteiger partial charge in [-0.25, -0.2) is 4.39 Å². The van der Waals surface area contributed by atoms with Gasteiger partial charge in [-0.2, -0.15) is 0 Å². The van der Waals surface area contributed by atoms with Gasteiger partial charge < -0.3 is 9.47 Å². The lowest BCUT2D eigenvalue weighted by atomic mass is 9.98. The summed E-state index contributed by atoms with van der Waals surface area (Å²) >= 11 is 0. The second kappa shape index (κ2) is 7.17. The highest BCUT2D eigenvalue weighted by atomic mass is 19.1. The molecule has 0 aliphatic heterocycles. The zero-order valence-electron chi connectivity index (χ0n) is 11.3. The first kappa shape index (κ1) is 14.7. The summed E-state index contributed by atoms with van der Waals surface area (Å²) in [4.78, 5) is 0. The Morgan fingerprint density at radius 1 is 1.39 bits per heavy atom. The predicted molar refractivity (Wildman–Crippen MR) is 71.3 cm³/mol. The molecular formula is C15H21FO2. The molecule has 0 amide bonds. The van der Waals surface area contributed by atoms with Crippen molar-refractivity contribution in [1.82, 2.24) is 0 Å². The number of methoxy groups -OCH3 is 1. The number of hydrogen-bond acceptors (Lipinski definition) is 2. The highest BCUT2D eigenvalue weighted by molar-refractivity contribution is 5.35. The third-order valence-electron chi connectivity index (χ3n) is 2.64. The normalized spacial score (nSPS) is 12.5. The van der Waals surface area contributed by atoms with E-state index in [1.54, 1.807) is 19.3 Å². The average molecular weight is 252 g/mol. The van der Waals surface area contributed by atoms with Crippen LogP contribution >= 0.6 is 0 Å². The van der Waals surface area contributed by atoms with Crippen LogP contribution in [0, 0.1) is 11.7 Å². The van der Waals surface area contributed by atoms with Crippen LogP contribution in [0.2, 0.25) is 0 Å². The first-order chi connectivity index (χ1) is 8.58. The summed E-state index contributed by atoms with van der Waals surface area (Å²) in [6.45, 7) is 8.29. The van der Waals surface area contributed by atoms with Crippen molar-refractivity contribution in [3.8, 4) is 5.75 Å². The summed E-state index contributed by atoms with van der Waals surface area (Å²) in [5, 5.41) is 0. The van der Waals surface area contributed by atoms with Crippen LogP contribution in [0.3, 0.4) is 0 Å². The summed E-state index contributed by atoms with van der Waals surface area (Å²) in [5.41, 5.74) is 0.757. The fraction of sp³-hybridized carbons (Fsp3) is 0.467. The number of ether oxygens (including phenoxy) is 2. The first-order valence-corrected chi connectivity index (χ1v) is 6.14. The molecule has 100 valence electrons. The van der Waals surface area contributed by atoms with Gasteiger partial charge >= 0.3 is 0 Å². The lowest BCUT2D eigenvalue weighted by molar-refractivity contribution is 0.0559. The number of halogens is 1. The Labute approximate surface area is 108 Å². The van der Waals surface area contributed by atoms with E-state index < -0.39 is 0 Å². The molecule has 18 heavy (non-hydrogen) atoms. The van der Waals surface area contributed by atoms with Crippen molar-refractivity contribution in [3.63, 3.8) is 0 Å². The fourth-order valence-electron chi connectivity index (χ4n) is 1.85. The maximum atomic E-state index is 13.4. The van der Waals surface area contributed by atoms with Gasteiger partial charge in [-0.3, -0.25) is 0 Å². The monoisotopic (exact) mass is 252 g/mol. The first-order valence-electron chi connectivity index (χ1n) is 6.14. The van der Waals surface area contributed by atoms with Gasteiger partial charge in [0.2, 0.25) is 0 Å². The van der Waals surface area contributed by atoms with Gasteiger partial charge in [0.1, 0.15) is 11.6 Å². The smallest absolute Gasteiger partial charge is 0.124 e. The van der Waals surface area contributed by atoms with Crippen LogP contribution < -0.4 is 4.74 Å². The SMILES string of the molecule is C=CCO[C@@H](CC(C)C)c1cc(F)ccc1OC. The summed E-state index contributed by atoms with van der Waals surface area (Å²) in [5.74, 6) is 0.834. The molecule has 0 unspecified atom stereocenters. The van der Waals surface area contributed by atoms with Crippen molar-refractivity contribution < 1.29 is 13.9 Å². The van der Waals surface area contributed by atoms with Gasteiger partial charge in [0.05, 0.1) is 19.8 Å². The van der Waals surface area contributed by atoms with E-state index in [9.17, 15) is 4.39 Å². The molecule has 0 bridgehead atoms. The molecule has 3 heteroatoms. The van der Waals surface area contributed by atoms with Crippen LogP contribution in [0.15, 0.2) is 30.9 Å². The lowest BCUT2D eigenvalue weighted by Crippen LogP contribution is -2.10. The molecule has 0 aromatic heterocycles. The predicted octanol–water partition coefficient (Wildman–Crippen LogP) is 4.12. The van der Waals surface area contributed by atoms with E-state index in [4.69, 9.17) is 9.47 Å². The van der Waals surface area contributed by atoms with E-state index >= 15 is 0 Å². The topological polar surface area (TPSA) is 18.5 Å². The Balaban J connectivity index is 3.01. The van der Waals surface area contributed by atoms with Gasteiger partial charge in [-0.1, -0.05) is 19.9 Å². The van der Waals surface area contributed by atoms with Gasteiger partial charge in [-0.15, -0.1) is 6.58 Å². The molecule has 0 saturated carbocycles. The molecule has 1 rings (SSSR count). The molecule has 0 aliphatic carbocycles.